The molecule has 0 saturated carbocycles. The lowest BCUT2D eigenvalue weighted by atomic mass is 10.0. The number of aromatic nitrogens is 2. The van der Waals surface area contributed by atoms with Gasteiger partial charge in [0.15, 0.2) is 11.2 Å². The average molecular weight is 601 g/mol. The third-order valence-corrected chi connectivity index (χ3v) is 10.7. The Balaban J connectivity index is 1.01. The molecule has 10 aromatic rings. The van der Waals surface area contributed by atoms with Crippen LogP contribution in [0.5, 0.6) is 0 Å². The minimum absolute atomic E-state index is 0.564. The van der Waals surface area contributed by atoms with Gasteiger partial charge in [-0.15, -0.1) is 22.7 Å². The van der Waals surface area contributed by atoms with E-state index in [1.54, 1.807) is 11.3 Å². The van der Waals surface area contributed by atoms with E-state index in [2.05, 4.69) is 97.1 Å². The Labute approximate surface area is 258 Å². The molecule has 0 aliphatic carbocycles. The number of oxazole rings is 2. The molecule has 4 heterocycles. The molecule has 0 fully saturated rings. The lowest BCUT2D eigenvalue weighted by Crippen LogP contribution is -1.79. The molecule has 0 unspecified atom stereocenters. The molecule has 0 aliphatic rings. The third kappa shape index (κ3) is 3.68. The van der Waals surface area contributed by atoms with Crippen molar-refractivity contribution in [1.29, 1.82) is 0 Å². The van der Waals surface area contributed by atoms with E-state index in [0.717, 1.165) is 44.5 Å². The molecule has 10 rings (SSSR count). The topological polar surface area (TPSA) is 52.1 Å². The number of nitrogens with zero attached hydrogens (tertiary/aromatic N) is 2. The van der Waals surface area contributed by atoms with Crippen molar-refractivity contribution in [2.24, 2.45) is 0 Å². The Morgan fingerprint density at radius 3 is 1.45 bits per heavy atom. The van der Waals surface area contributed by atoms with Gasteiger partial charge in [0.1, 0.15) is 11.0 Å². The first-order valence-electron chi connectivity index (χ1n) is 14.4. The normalized spacial score (nSPS) is 12.1. The van der Waals surface area contributed by atoms with E-state index in [1.165, 1.54) is 40.3 Å². The van der Waals surface area contributed by atoms with E-state index in [4.69, 9.17) is 18.8 Å². The van der Waals surface area contributed by atoms with Crippen molar-refractivity contribution >= 4 is 85.2 Å². The van der Waals surface area contributed by atoms with Crippen LogP contribution < -0.4 is 0 Å². The number of fused-ring (bicyclic) bond motifs is 8. The van der Waals surface area contributed by atoms with Gasteiger partial charge in [-0.1, -0.05) is 48.5 Å². The van der Waals surface area contributed by atoms with Crippen molar-refractivity contribution in [3.63, 3.8) is 0 Å². The fraction of sp³-hybridized carbons (Fsp3) is 0. The smallest absolute Gasteiger partial charge is 0.227 e. The molecule has 0 spiro atoms. The summed E-state index contributed by atoms with van der Waals surface area (Å²) in [5.41, 5.74) is 7.18. The van der Waals surface area contributed by atoms with Crippen LogP contribution in [-0.4, -0.2) is 9.97 Å². The summed E-state index contributed by atoms with van der Waals surface area (Å²) >= 11 is 3.64. The number of hydrogen-bond donors (Lipinski definition) is 0. The van der Waals surface area contributed by atoms with Crippen LogP contribution in [0.15, 0.2) is 130 Å². The average Bonchev–Trinajstić information content (AvgIpc) is 3.85. The molecule has 0 aliphatic heterocycles. The van der Waals surface area contributed by atoms with E-state index in [1.807, 2.05) is 35.6 Å². The molecule has 44 heavy (non-hydrogen) atoms. The molecule has 0 amide bonds. The van der Waals surface area contributed by atoms with Gasteiger partial charge in [-0.3, -0.25) is 0 Å². The molecular weight excluding hydrogens is 581 g/mol. The second kappa shape index (κ2) is 9.10. The van der Waals surface area contributed by atoms with E-state index in [-0.39, 0.29) is 0 Å². The highest BCUT2D eigenvalue weighted by atomic mass is 32.1. The van der Waals surface area contributed by atoms with E-state index in [0.29, 0.717) is 11.8 Å². The lowest BCUT2D eigenvalue weighted by Gasteiger charge is -2.02. The third-order valence-electron chi connectivity index (χ3n) is 8.36. The quantitative estimate of drug-likeness (QED) is 0.202. The zero-order chi connectivity index (χ0) is 28.8. The van der Waals surface area contributed by atoms with Gasteiger partial charge in [-0.2, -0.15) is 0 Å². The fourth-order valence-electron chi connectivity index (χ4n) is 6.18. The van der Waals surface area contributed by atoms with Crippen LogP contribution in [-0.2, 0) is 0 Å². The number of hydrogen-bond acceptors (Lipinski definition) is 6. The van der Waals surface area contributed by atoms with Gasteiger partial charge in [0.05, 0.1) is 0 Å². The molecule has 6 aromatic carbocycles. The van der Waals surface area contributed by atoms with Gasteiger partial charge in [0, 0.05) is 51.5 Å². The summed E-state index contributed by atoms with van der Waals surface area (Å²) in [4.78, 5) is 9.74. The van der Waals surface area contributed by atoms with E-state index < -0.39 is 0 Å². The number of benzene rings is 6. The first kappa shape index (κ1) is 24.2. The Morgan fingerprint density at radius 1 is 0.386 bits per heavy atom. The van der Waals surface area contributed by atoms with Gasteiger partial charge >= 0.3 is 0 Å². The number of rotatable bonds is 3. The first-order chi connectivity index (χ1) is 21.7. The summed E-state index contributed by atoms with van der Waals surface area (Å²) in [6.45, 7) is 0. The molecule has 0 atom stereocenters. The molecule has 0 bridgehead atoms. The van der Waals surface area contributed by atoms with Gasteiger partial charge in [-0.25, -0.2) is 9.97 Å². The van der Waals surface area contributed by atoms with Crippen LogP contribution >= 0.6 is 22.7 Å². The van der Waals surface area contributed by atoms with Gasteiger partial charge in [0.25, 0.3) is 0 Å². The van der Waals surface area contributed by atoms with Crippen molar-refractivity contribution < 1.29 is 8.83 Å². The van der Waals surface area contributed by atoms with Crippen molar-refractivity contribution in [2.45, 2.75) is 0 Å². The second-order valence-corrected chi connectivity index (χ2v) is 13.2. The maximum atomic E-state index is 6.21. The maximum Gasteiger partial charge on any atom is 0.227 e. The summed E-state index contributed by atoms with van der Waals surface area (Å²) in [7, 11) is 0. The predicted octanol–water partition coefficient (Wildman–Crippen LogP) is 11.7. The largest absolute Gasteiger partial charge is 0.436 e. The molecule has 4 nitrogen and oxygen atoms in total. The highest BCUT2D eigenvalue weighted by Crippen LogP contribution is 2.39. The summed E-state index contributed by atoms with van der Waals surface area (Å²) in [5, 5.41) is 5.06. The highest BCUT2D eigenvalue weighted by molar-refractivity contribution is 7.26. The molecule has 6 heteroatoms. The van der Waals surface area contributed by atoms with Crippen LogP contribution in [0.3, 0.4) is 0 Å². The second-order valence-electron chi connectivity index (χ2n) is 11.0. The minimum Gasteiger partial charge on any atom is -0.436 e. The molecule has 206 valence electrons. The van der Waals surface area contributed by atoms with Crippen LogP contribution in [0, 0.1) is 0 Å². The van der Waals surface area contributed by atoms with Crippen molar-refractivity contribution in [3.05, 3.63) is 121 Å². The van der Waals surface area contributed by atoms with Crippen LogP contribution in [0.1, 0.15) is 0 Å². The first-order valence-corrected chi connectivity index (χ1v) is 16.0. The zero-order valence-electron chi connectivity index (χ0n) is 23.1. The van der Waals surface area contributed by atoms with Crippen LogP contribution in [0.25, 0.3) is 96.6 Å². The SMILES string of the molecule is c1ccc2c(c1)sc1ccc(-c3ccc4oc(-c5ccc6oc(-c7ccc8sc9ccccc9c8c7)nc6c5)nc4c3)cc12. The van der Waals surface area contributed by atoms with Crippen LogP contribution in [0.4, 0.5) is 0 Å². The van der Waals surface area contributed by atoms with Crippen molar-refractivity contribution in [2.75, 3.05) is 0 Å². The number of thiophene rings is 2. The molecule has 0 radical (unpaired) electrons. The molecule has 0 saturated heterocycles. The Bertz CT molecular complexity index is 2630. The molecule has 4 aromatic heterocycles. The minimum atomic E-state index is 0.564. The molecule has 0 N–H and O–H groups in total. The maximum absolute atomic E-state index is 6.21. The summed E-state index contributed by atoms with van der Waals surface area (Å²) in [6, 6.07) is 42.3. The van der Waals surface area contributed by atoms with Gasteiger partial charge in [-0.05, 0) is 83.9 Å². The Hall–Kier alpha value is -5.30. The van der Waals surface area contributed by atoms with E-state index >= 15 is 0 Å². The zero-order valence-corrected chi connectivity index (χ0v) is 24.7. The summed E-state index contributed by atoms with van der Waals surface area (Å²) in [6.07, 6.45) is 0. The Kier molecular flexibility index (Phi) is 5.00. The molecular formula is C38H20N2O2S2. The fourth-order valence-corrected chi connectivity index (χ4v) is 8.35. The Morgan fingerprint density at radius 2 is 0.818 bits per heavy atom. The van der Waals surface area contributed by atoms with E-state index in [9.17, 15) is 0 Å². The highest BCUT2D eigenvalue weighted by Gasteiger charge is 2.15. The predicted molar refractivity (Wildman–Crippen MR) is 184 cm³/mol. The standard InChI is InChI=1S/C38H20N2O2S2/c1-3-7-33-25(5-1)27-17-21(11-15-35(27)43-33)22-9-13-31-29(19-22)39-38(42-31)24-10-14-32-30(20-24)40-37(41-32)23-12-16-36-28(18-23)26-6-2-4-8-34(26)44-36/h1-20H. The summed E-state index contributed by atoms with van der Waals surface area (Å²) in [5.74, 6) is 1.17. The van der Waals surface area contributed by atoms with Crippen LogP contribution in [0.2, 0.25) is 0 Å². The monoisotopic (exact) mass is 600 g/mol. The van der Waals surface area contributed by atoms with Crippen molar-refractivity contribution in [3.8, 4) is 34.0 Å². The summed E-state index contributed by atoms with van der Waals surface area (Å²) < 4.78 is 17.6. The lowest BCUT2D eigenvalue weighted by molar-refractivity contribution is 0.618. The van der Waals surface area contributed by atoms with Gasteiger partial charge in [0.2, 0.25) is 11.8 Å². The van der Waals surface area contributed by atoms with Crippen molar-refractivity contribution in [1.82, 2.24) is 9.97 Å². The van der Waals surface area contributed by atoms with Gasteiger partial charge < -0.3 is 8.83 Å².